The van der Waals surface area contributed by atoms with Crippen molar-refractivity contribution in [3.63, 3.8) is 0 Å². The van der Waals surface area contributed by atoms with Crippen molar-refractivity contribution in [2.24, 2.45) is 0 Å². The second-order valence-electron chi connectivity index (χ2n) is 5.85. The zero-order valence-corrected chi connectivity index (χ0v) is 12.5. The van der Waals surface area contributed by atoms with Gasteiger partial charge in [0.05, 0.1) is 0 Å². The lowest BCUT2D eigenvalue weighted by molar-refractivity contribution is 0.174. The average Bonchev–Trinajstić information content (AvgIpc) is 2.93. The first kappa shape index (κ1) is 13.7. The minimum Gasteiger partial charge on any atom is -0.454 e. The molecule has 1 aromatic heterocycles. The molecule has 0 aliphatic carbocycles. The van der Waals surface area contributed by atoms with Gasteiger partial charge in [-0.25, -0.2) is 9.97 Å². The predicted molar refractivity (Wildman–Crippen MR) is 80.8 cm³/mol. The summed E-state index contributed by atoms with van der Waals surface area (Å²) >= 11 is 0. The number of rotatable bonds is 4. The van der Waals surface area contributed by atoms with Gasteiger partial charge in [0.25, 0.3) is 0 Å². The van der Waals surface area contributed by atoms with Crippen LogP contribution in [-0.2, 0) is 5.41 Å². The molecule has 1 N–H and O–H groups in total. The highest BCUT2D eigenvalue weighted by Crippen LogP contribution is 2.36. The molecule has 3 rings (SSSR count). The van der Waals surface area contributed by atoms with Crippen LogP contribution < -0.4 is 14.8 Å². The van der Waals surface area contributed by atoms with Crippen LogP contribution >= 0.6 is 0 Å². The number of hydrogen-bond acceptors (Lipinski definition) is 5. The Morgan fingerprint density at radius 2 is 1.95 bits per heavy atom. The highest BCUT2D eigenvalue weighted by molar-refractivity contribution is 5.47. The summed E-state index contributed by atoms with van der Waals surface area (Å²) in [7, 11) is 0. The number of fused-ring (bicyclic) bond motifs is 1. The molecule has 5 nitrogen and oxygen atoms in total. The number of aromatic nitrogens is 2. The highest BCUT2D eigenvalue weighted by Gasteiger charge is 2.24. The monoisotopic (exact) mass is 285 g/mol. The lowest BCUT2D eigenvalue weighted by Crippen LogP contribution is -2.27. The van der Waals surface area contributed by atoms with E-state index in [9.17, 15) is 0 Å². The third-order valence-electron chi connectivity index (χ3n) is 3.67. The van der Waals surface area contributed by atoms with E-state index in [4.69, 9.17) is 9.47 Å². The van der Waals surface area contributed by atoms with Gasteiger partial charge in [-0.2, -0.15) is 0 Å². The van der Waals surface area contributed by atoms with E-state index >= 15 is 0 Å². The molecule has 2 aromatic rings. The maximum Gasteiger partial charge on any atom is 0.231 e. The van der Waals surface area contributed by atoms with E-state index in [0.29, 0.717) is 6.79 Å². The standard InChI is InChI=1S/C16H19N3O2/c1-11-6-15(19-9-18-11)17-8-16(2,3)12-4-5-13-14(7-12)21-10-20-13/h4-7,9H,8,10H2,1-3H3,(H,17,18,19). The molecule has 0 unspecified atom stereocenters. The number of hydrogen-bond donors (Lipinski definition) is 1. The summed E-state index contributed by atoms with van der Waals surface area (Å²) in [5, 5.41) is 3.37. The number of aryl methyl sites for hydroxylation is 1. The molecule has 0 spiro atoms. The molecule has 2 heterocycles. The first-order valence-corrected chi connectivity index (χ1v) is 6.97. The molecule has 0 atom stereocenters. The van der Waals surface area contributed by atoms with Crippen molar-refractivity contribution in [2.45, 2.75) is 26.2 Å². The van der Waals surface area contributed by atoms with E-state index in [1.807, 2.05) is 19.1 Å². The van der Waals surface area contributed by atoms with Crippen molar-refractivity contribution >= 4 is 5.82 Å². The molecule has 110 valence electrons. The van der Waals surface area contributed by atoms with Crippen molar-refractivity contribution in [3.05, 3.63) is 41.9 Å². The fourth-order valence-electron chi connectivity index (χ4n) is 2.28. The average molecular weight is 285 g/mol. The van der Waals surface area contributed by atoms with Crippen LogP contribution in [-0.4, -0.2) is 23.3 Å². The lowest BCUT2D eigenvalue weighted by atomic mass is 9.84. The lowest BCUT2D eigenvalue weighted by Gasteiger charge is -2.26. The molecule has 0 bridgehead atoms. The molecule has 1 aliphatic rings. The Morgan fingerprint density at radius 1 is 1.14 bits per heavy atom. The van der Waals surface area contributed by atoms with Crippen LogP contribution in [0.3, 0.4) is 0 Å². The number of ether oxygens (including phenoxy) is 2. The third kappa shape index (κ3) is 2.91. The smallest absolute Gasteiger partial charge is 0.231 e. The van der Waals surface area contributed by atoms with Crippen molar-refractivity contribution in [1.82, 2.24) is 9.97 Å². The summed E-state index contributed by atoms with van der Waals surface area (Å²) in [6.07, 6.45) is 1.57. The van der Waals surface area contributed by atoms with Crippen LogP contribution in [0.25, 0.3) is 0 Å². The first-order valence-electron chi connectivity index (χ1n) is 6.97. The van der Waals surface area contributed by atoms with Gasteiger partial charge in [0.2, 0.25) is 6.79 Å². The summed E-state index contributed by atoms with van der Waals surface area (Å²) in [6, 6.07) is 8.04. The summed E-state index contributed by atoms with van der Waals surface area (Å²) in [5.74, 6) is 2.48. The van der Waals surface area contributed by atoms with Gasteiger partial charge in [-0.05, 0) is 24.6 Å². The Bertz CT molecular complexity index is 656. The van der Waals surface area contributed by atoms with Crippen molar-refractivity contribution in [1.29, 1.82) is 0 Å². The minimum atomic E-state index is -0.0557. The summed E-state index contributed by atoms with van der Waals surface area (Å²) in [5.41, 5.74) is 2.10. The van der Waals surface area contributed by atoms with Gasteiger partial charge >= 0.3 is 0 Å². The van der Waals surface area contributed by atoms with E-state index in [0.717, 1.165) is 29.6 Å². The fourth-order valence-corrected chi connectivity index (χ4v) is 2.28. The van der Waals surface area contributed by atoms with Crippen LogP contribution in [0.1, 0.15) is 25.1 Å². The van der Waals surface area contributed by atoms with Gasteiger partial charge in [-0.3, -0.25) is 0 Å². The second-order valence-corrected chi connectivity index (χ2v) is 5.85. The van der Waals surface area contributed by atoms with E-state index in [1.54, 1.807) is 6.33 Å². The number of benzene rings is 1. The SMILES string of the molecule is Cc1cc(NCC(C)(C)c2ccc3c(c2)OCO3)ncn1. The Labute approximate surface area is 124 Å². The number of anilines is 1. The summed E-state index contributed by atoms with van der Waals surface area (Å²) in [4.78, 5) is 8.33. The van der Waals surface area contributed by atoms with Crippen LogP contribution in [0.2, 0.25) is 0 Å². The van der Waals surface area contributed by atoms with Gasteiger partial charge in [0, 0.05) is 23.7 Å². The van der Waals surface area contributed by atoms with Crippen LogP contribution in [0, 0.1) is 6.92 Å². The molecule has 5 heteroatoms. The minimum absolute atomic E-state index is 0.0557. The summed E-state index contributed by atoms with van der Waals surface area (Å²) in [6.45, 7) is 7.40. The first-order chi connectivity index (χ1) is 10.0. The maximum atomic E-state index is 5.45. The molecule has 0 radical (unpaired) electrons. The largest absolute Gasteiger partial charge is 0.454 e. The molecule has 0 amide bonds. The Hall–Kier alpha value is -2.30. The zero-order chi connectivity index (χ0) is 14.9. The molecule has 0 saturated heterocycles. The topological polar surface area (TPSA) is 56.3 Å². The Morgan fingerprint density at radius 3 is 2.76 bits per heavy atom. The van der Waals surface area contributed by atoms with Gasteiger partial charge in [-0.15, -0.1) is 0 Å². The summed E-state index contributed by atoms with van der Waals surface area (Å²) < 4.78 is 10.8. The third-order valence-corrected chi connectivity index (χ3v) is 3.67. The van der Waals surface area contributed by atoms with Crippen molar-refractivity contribution < 1.29 is 9.47 Å². The normalized spacial score (nSPS) is 13.3. The van der Waals surface area contributed by atoms with Crippen molar-refractivity contribution in [2.75, 3.05) is 18.7 Å². The Balaban J connectivity index is 1.74. The Kier molecular flexibility index (Phi) is 3.41. The maximum absolute atomic E-state index is 5.45. The molecule has 1 aliphatic heterocycles. The molecule has 1 aromatic carbocycles. The van der Waals surface area contributed by atoms with E-state index in [-0.39, 0.29) is 5.41 Å². The molecule has 0 saturated carbocycles. The van der Waals surface area contributed by atoms with Gasteiger partial charge in [-0.1, -0.05) is 19.9 Å². The second kappa shape index (κ2) is 5.24. The quantitative estimate of drug-likeness (QED) is 0.936. The highest BCUT2D eigenvalue weighted by atomic mass is 16.7. The van der Waals surface area contributed by atoms with Gasteiger partial charge in [0.1, 0.15) is 12.1 Å². The van der Waals surface area contributed by atoms with Gasteiger partial charge < -0.3 is 14.8 Å². The molecule has 0 fully saturated rings. The van der Waals surface area contributed by atoms with Crippen molar-refractivity contribution in [3.8, 4) is 11.5 Å². The zero-order valence-electron chi connectivity index (χ0n) is 12.5. The number of nitrogens with zero attached hydrogens (tertiary/aromatic N) is 2. The molecular formula is C16H19N3O2. The predicted octanol–water partition coefficient (Wildman–Crippen LogP) is 2.90. The van der Waals surface area contributed by atoms with E-state index < -0.39 is 0 Å². The van der Waals surface area contributed by atoms with Crippen LogP contribution in [0.4, 0.5) is 5.82 Å². The molecular weight excluding hydrogens is 266 g/mol. The van der Waals surface area contributed by atoms with Crippen LogP contribution in [0.5, 0.6) is 11.5 Å². The van der Waals surface area contributed by atoms with Crippen LogP contribution in [0.15, 0.2) is 30.6 Å². The van der Waals surface area contributed by atoms with E-state index in [2.05, 4.69) is 41.3 Å². The van der Waals surface area contributed by atoms with E-state index in [1.165, 1.54) is 5.56 Å². The number of nitrogens with one attached hydrogen (secondary N) is 1. The fraction of sp³-hybridized carbons (Fsp3) is 0.375. The molecule has 21 heavy (non-hydrogen) atoms. The van der Waals surface area contributed by atoms with Gasteiger partial charge in [0.15, 0.2) is 11.5 Å².